The van der Waals surface area contributed by atoms with Crippen LogP contribution in [0.3, 0.4) is 0 Å². The SMILES string of the molecule is CC(=O)c1sc(N2CCc3ccccc32)nc1C(=O)O. The molecule has 0 saturated carbocycles. The van der Waals surface area contributed by atoms with Crippen molar-refractivity contribution in [1.29, 1.82) is 0 Å². The second kappa shape index (κ2) is 4.72. The van der Waals surface area contributed by atoms with Gasteiger partial charge in [0.15, 0.2) is 16.6 Å². The number of ketones is 1. The summed E-state index contributed by atoms with van der Waals surface area (Å²) < 4.78 is 0. The third-order valence-corrected chi connectivity index (χ3v) is 4.44. The van der Waals surface area contributed by atoms with Crippen molar-refractivity contribution >= 4 is 33.9 Å². The molecule has 0 bridgehead atoms. The van der Waals surface area contributed by atoms with Crippen LogP contribution in [0.4, 0.5) is 10.8 Å². The molecule has 0 unspecified atom stereocenters. The number of para-hydroxylation sites is 1. The number of carboxylic acids is 1. The number of benzene rings is 1. The van der Waals surface area contributed by atoms with Crippen molar-refractivity contribution in [2.24, 2.45) is 0 Å². The predicted molar refractivity (Wildman–Crippen MR) is 76.2 cm³/mol. The number of hydrogen-bond acceptors (Lipinski definition) is 5. The van der Waals surface area contributed by atoms with Crippen LogP contribution in [0.2, 0.25) is 0 Å². The first-order chi connectivity index (χ1) is 9.58. The Morgan fingerprint density at radius 2 is 2.10 bits per heavy atom. The van der Waals surface area contributed by atoms with Crippen molar-refractivity contribution in [2.75, 3.05) is 11.4 Å². The third kappa shape index (κ3) is 1.98. The molecule has 1 aliphatic heterocycles. The van der Waals surface area contributed by atoms with Gasteiger partial charge < -0.3 is 10.0 Å². The monoisotopic (exact) mass is 288 g/mol. The predicted octanol–water partition coefficient (Wildman–Crippen LogP) is 2.74. The Kier molecular flexibility index (Phi) is 3.02. The summed E-state index contributed by atoms with van der Waals surface area (Å²) in [5, 5.41) is 9.71. The fourth-order valence-corrected chi connectivity index (χ4v) is 3.34. The number of aromatic nitrogens is 1. The van der Waals surface area contributed by atoms with Gasteiger partial charge in [-0.1, -0.05) is 29.5 Å². The Morgan fingerprint density at radius 1 is 1.35 bits per heavy atom. The summed E-state index contributed by atoms with van der Waals surface area (Å²) >= 11 is 1.14. The Labute approximate surface area is 119 Å². The highest BCUT2D eigenvalue weighted by Crippen LogP contribution is 2.37. The zero-order valence-electron chi connectivity index (χ0n) is 10.8. The van der Waals surface area contributed by atoms with E-state index >= 15 is 0 Å². The van der Waals surface area contributed by atoms with E-state index in [-0.39, 0.29) is 16.4 Å². The molecule has 0 aliphatic carbocycles. The Bertz CT molecular complexity index is 677. The first-order valence-corrected chi connectivity index (χ1v) is 7.00. The van der Waals surface area contributed by atoms with Crippen molar-refractivity contribution < 1.29 is 14.7 Å². The van der Waals surface area contributed by atoms with Gasteiger partial charge in [-0.15, -0.1) is 0 Å². The topological polar surface area (TPSA) is 70.5 Å². The summed E-state index contributed by atoms with van der Waals surface area (Å²) in [6.45, 7) is 2.12. The van der Waals surface area contributed by atoms with Crippen molar-refractivity contribution in [2.45, 2.75) is 13.3 Å². The second-order valence-electron chi connectivity index (χ2n) is 4.57. The molecule has 0 spiro atoms. The van der Waals surface area contributed by atoms with Crippen molar-refractivity contribution in [1.82, 2.24) is 4.98 Å². The lowest BCUT2D eigenvalue weighted by Gasteiger charge is -2.15. The molecule has 0 atom stereocenters. The van der Waals surface area contributed by atoms with Crippen LogP contribution in [0.5, 0.6) is 0 Å². The average Bonchev–Trinajstić information content (AvgIpc) is 3.02. The van der Waals surface area contributed by atoms with E-state index in [2.05, 4.69) is 4.98 Å². The van der Waals surface area contributed by atoms with Gasteiger partial charge in [0, 0.05) is 19.2 Å². The molecule has 0 saturated heterocycles. The first kappa shape index (κ1) is 12.8. The molecule has 0 radical (unpaired) electrons. The summed E-state index contributed by atoms with van der Waals surface area (Å²) in [4.78, 5) is 29.0. The van der Waals surface area contributed by atoms with E-state index in [1.165, 1.54) is 12.5 Å². The Hall–Kier alpha value is -2.21. The number of carboxylic acid groups (broad SMARTS) is 1. The van der Waals surface area contributed by atoms with Gasteiger partial charge in [-0.05, 0) is 18.1 Å². The highest BCUT2D eigenvalue weighted by atomic mass is 32.1. The number of hydrogen-bond donors (Lipinski definition) is 1. The molecule has 0 fully saturated rings. The highest BCUT2D eigenvalue weighted by Gasteiger charge is 2.27. The second-order valence-corrected chi connectivity index (χ2v) is 5.54. The number of fused-ring (bicyclic) bond motifs is 1. The summed E-state index contributed by atoms with van der Waals surface area (Å²) in [7, 11) is 0. The minimum absolute atomic E-state index is 0.151. The summed E-state index contributed by atoms with van der Waals surface area (Å²) in [6.07, 6.45) is 0.896. The van der Waals surface area contributed by atoms with E-state index in [4.69, 9.17) is 5.11 Å². The van der Waals surface area contributed by atoms with Crippen LogP contribution < -0.4 is 4.90 Å². The molecule has 6 heteroatoms. The number of Topliss-reactive ketones (excluding diaryl/α,β-unsaturated/α-hetero) is 1. The Morgan fingerprint density at radius 3 is 2.75 bits per heavy atom. The van der Waals surface area contributed by atoms with Crippen LogP contribution in [0, 0.1) is 0 Å². The molecule has 3 rings (SSSR count). The van der Waals surface area contributed by atoms with Crippen molar-refractivity contribution in [3.8, 4) is 0 Å². The maximum atomic E-state index is 11.5. The summed E-state index contributed by atoms with van der Waals surface area (Å²) in [6, 6.07) is 7.95. The first-order valence-electron chi connectivity index (χ1n) is 6.18. The van der Waals surface area contributed by atoms with Gasteiger partial charge in [-0.25, -0.2) is 9.78 Å². The van der Waals surface area contributed by atoms with E-state index in [1.54, 1.807) is 0 Å². The van der Waals surface area contributed by atoms with Gasteiger partial charge in [-0.3, -0.25) is 4.79 Å². The van der Waals surface area contributed by atoms with Gasteiger partial charge >= 0.3 is 5.97 Å². The van der Waals surface area contributed by atoms with E-state index in [9.17, 15) is 9.59 Å². The molecule has 2 heterocycles. The smallest absolute Gasteiger partial charge is 0.356 e. The molecule has 1 N–H and O–H groups in total. The zero-order valence-corrected chi connectivity index (χ0v) is 11.6. The molecular formula is C14H12N2O3S. The highest BCUT2D eigenvalue weighted by molar-refractivity contribution is 7.17. The fourth-order valence-electron chi connectivity index (χ4n) is 2.34. The number of rotatable bonds is 3. The maximum Gasteiger partial charge on any atom is 0.356 e. The molecular weight excluding hydrogens is 276 g/mol. The number of thiazole rings is 1. The van der Waals surface area contributed by atoms with Crippen LogP contribution in [0.25, 0.3) is 0 Å². The van der Waals surface area contributed by atoms with Crippen molar-refractivity contribution in [3.63, 3.8) is 0 Å². The number of carbonyl (C=O) groups is 2. The van der Waals surface area contributed by atoms with Crippen LogP contribution in [-0.4, -0.2) is 28.4 Å². The van der Waals surface area contributed by atoms with E-state index in [0.717, 1.165) is 30.0 Å². The van der Waals surface area contributed by atoms with Gasteiger partial charge in [0.1, 0.15) is 4.88 Å². The van der Waals surface area contributed by atoms with Gasteiger partial charge in [0.25, 0.3) is 0 Å². The lowest BCUT2D eigenvalue weighted by Crippen LogP contribution is -2.13. The maximum absolute atomic E-state index is 11.5. The minimum atomic E-state index is -1.16. The number of aromatic carboxylic acids is 1. The van der Waals surface area contributed by atoms with Crippen LogP contribution in [0.15, 0.2) is 24.3 Å². The largest absolute Gasteiger partial charge is 0.476 e. The molecule has 2 aromatic rings. The average molecular weight is 288 g/mol. The normalized spacial score (nSPS) is 13.3. The Balaban J connectivity index is 2.07. The van der Waals surface area contributed by atoms with Gasteiger partial charge in [0.2, 0.25) is 0 Å². The summed E-state index contributed by atoms with van der Waals surface area (Å²) in [5.74, 6) is -1.43. The van der Waals surface area contributed by atoms with E-state index < -0.39 is 5.97 Å². The van der Waals surface area contributed by atoms with Gasteiger partial charge in [0.05, 0.1) is 0 Å². The third-order valence-electron chi connectivity index (χ3n) is 3.26. The summed E-state index contributed by atoms with van der Waals surface area (Å²) in [5.41, 5.74) is 2.10. The van der Waals surface area contributed by atoms with Crippen LogP contribution in [0.1, 0.15) is 32.6 Å². The molecule has 102 valence electrons. The fraction of sp³-hybridized carbons (Fsp3) is 0.214. The van der Waals surface area contributed by atoms with Gasteiger partial charge in [-0.2, -0.15) is 0 Å². The van der Waals surface area contributed by atoms with E-state index in [0.29, 0.717) is 5.13 Å². The molecule has 5 nitrogen and oxygen atoms in total. The molecule has 20 heavy (non-hydrogen) atoms. The van der Waals surface area contributed by atoms with Crippen molar-refractivity contribution in [3.05, 3.63) is 40.4 Å². The number of nitrogens with zero attached hydrogens (tertiary/aromatic N) is 2. The number of anilines is 2. The molecule has 0 amide bonds. The van der Waals surface area contributed by atoms with Crippen LogP contribution >= 0.6 is 11.3 Å². The number of carbonyl (C=O) groups excluding carboxylic acids is 1. The minimum Gasteiger partial charge on any atom is -0.476 e. The standard InChI is InChI=1S/C14H12N2O3S/c1-8(17)12-11(13(18)19)15-14(20-12)16-7-6-9-4-2-3-5-10(9)16/h2-5H,6-7H2,1H3,(H,18,19). The zero-order chi connectivity index (χ0) is 14.3. The van der Waals surface area contributed by atoms with E-state index in [1.807, 2.05) is 29.2 Å². The lowest BCUT2D eigenvalue weighted by molar-refractivity contribution is 0.0687. The molecule has 1 aromatic carbocycles. The lowest BCUT2D eigenvalue weighted by atomic mass is 10.2. The molecule has 1 aromatic heterocycles. The quantitative estimate of drug-likeness (QED) is 0.879. The van der Waals surface area contributed by atoms with Crippen LogP contribution in [-0.2, 0) is 6.42 Å². The molecule has 1 aliphatic rings.